The molecule has 3 N–H and O–H groups in total. The molecule has 1 saturated carbocycles. The summed E-state index contributed by atoms with van der Waals surface area (Å²) in [7, 11) is 2.08. The van der Waals surface area contributed by atoms with E-state index < -0.39 is 0 Å². The molecule has 1 aliphatic rings. The van der Waals surface area contributed by atoms with Crippen LogP contribution in [0.2, 0.25) is 0 Å². The maximum atomic E-state index is 12.0. The van der Waals surface area contributed by atoms with Crippen molar-refractivity contribution in [3.8, 4) is 0 Å². The van der Waals surface area contributed by atoms with Crippen LogP contribution in [0.25, 0.3) is 0 Å². The molecule has 0 aliphatic heterocycles. The van der Waals surface area contributed by atoms with E-state index in [1.807, 2.05) is 0 Å². The predicted molar refractivity (Wildman–Crippen MR) is 89.1 cm³/mol. The van der Waals surface area contributed by atoms with Crippen molar-refractivity contribution in [2.45, 2.75) is 58.9 Å². The summed E-state index contributed by atoms with van der Waals surface area (Å²) in [5.74, 6) is 1.99. The molecule has 4 nitrogen and oxygen atoms in total. The number of nitrogens with two attached hydrogens (primary N) is 1. The van der Waals surface area contributed by atoms with Gasteiger partial charge in [-0.15, -0.1) is 0 Å². The van der Waals surface area contributed by atoms with Crippen molar-refractivity contribution in [1.82, 2.24) is 10.2 Å². The molecule has 0 spiro atoms. The summed E-state index contributed by atoms with van der Waals surface area (Å²) in [6.07, 6.45) is 6.28. The average molecular weight is 297 g/mol. The molecule has 0 aromatic heterocycles. The Bertz CT molecular complexity index is 306. The van der Waals surface area contributed by atoms with Gasteiger partial charge in [-0.1, -0.05) is 40.0 Å². The highest BCUT2D eigenvalue weighted by Crippen LogP contribution is 2.33. The average Bonchev–Trinajstić information content (AvgIpc) is 2.45. The molecule has 3 atom stereocenters. The molecular formula is C17H35N3O. The van der Waals surface area contributed by atoms with Crippen LogP contribution in [0, 0.1) is 17.8 Å². The molecule has 0 radical (unpaired) electrons. The lowest BCUT2D eigenvalue weighted by Gasteiger charge is -2.40. The van der Waals surface area contributed by atoms with Crippen molar-refractivity contribution in [2.75, 3.05) is 26.7 Å². The fraction of sp³-hybridized carbons (Fsp3) is 0.941. The van der Waals surface area contributed by atoms with Crippen LogP contribution in [0.4, 0.5) is 0 Å². The van der Waals surface area contributed by atoms with E-state index in [0.29, 0.717) is 24.4 Å². The van der Waals surface area contributed by atoms with Gasteiger partial charge in [0.15, 0.2) is 0 Å². The number of hydrogen-bond donors (Lipinski definition) is 2. The highest BCUT2D eigenvalue weighted by molar-refractivity contribution is 5.78. The van der Waals surface area contributed by atoms with E-state index in [2.05, 4.69) is 38.0 Å². The van der Waals surface area contributed by atoms with Gasteiger partial charge in [-0.3, -0.25) is 9.69 Å². The fourth-order valence-electron chi connectivity index (χ4n) is 3.50. The van der Waals surface area contributed by atoms with Crippen LogP contribution in [0.5, 0.6) is 0 Å². The van der Waals surface area contributed by atoms with E-state index in [1.165, 1.54) is 32.1 Å². The maximum absolute atomic E-state index is 12.0. The lowest BCUT2D eigenvalue weighted by Crippen LogP contribution is -2.48. The molecule has 1 rings (SSSR count). The standard InChI is InChI=1S/C17H35N3O/c1-5-6-14-7-8-15(10-18)16(9-14)20(4)12-17(21)19-11-13(2)3/h13-16H,5-12,18H2,1-4H3,(H,19,21). The van der Waals surface area contributed by atoms with Gasteiger partial charge in [-0.25, -0.2) is 0 Å². The molecule has 0 heterocycles. The summed E-state index contributed by atoms with van der Waals surface area (Å²) >= 11 is 0. The normalized spacial score (nSPS) is 26.3. The Kier molecular flexibility index (Phi) is 8.27. The minimum Gasteiger partial charge on any atom is -0.355 e. The first-order valence-electron chi connectivity index (χ1n) is 8.64. The summed E-state index contributed by atoms with van der Waals surface area (Å²) < 4.78 is 0. The van der Waals surface area contributed by atoms with Gasteiger partial charge in [0.1, 0.15) is 0 Å². The lowest BCUT2D eigenvalue weighted by molar-refractivity contribution is -0.123. The van der Waals surface area contributed by atoms with Gasteiger partial charge in [0.25, 0.3) is 0 Å². The molecule has 0 saturated heterocycles. The number of amides is 1. The Balaban J connectivity index is 2.51. The van der Waals surface area contributed by atoms with Gasteiger partial charge in [-0.2, -0.15) is 0 Å². The van der Waals surface area contributed by atoms with Gasteiger partial charge in [0, 0.05) is 12.6 Å². The summed E-state index contributed by atoms with van der Waals surface area (Å²) in [6.45, 7) is 8.48. The number of carbonyl (C=O) groups excluding carboxylic acids is 1. The first-order valence-corrected chi connectivity index (χ1v) is 8.64. The maximum Gasteiger partial charge on any atom is 0.234 e. The molecule has 1 amide bonds. The number of rotatable bonds is 8. The SMILES string of the molecule is CCCC1CCC(CN)C(N(C)CC(=O)NCC(C)C)C1. The van der Waals surface area contributed by atoms with Crippen LogP contribution in [0.15, 0.2) is 0 Å². The monoisotopic (exact) mass is 297 g/mol. The van der Waals surface area contributed by atoms with Crippen LogP contribution in [0.1, 0.15) is 52.9 Å². The summed E-state index contributed by atoms with van der Waals surface area (Å²) in [5.41, 5.74) is 5.95. The van der Waals surface area contributed by atoms with E-state index in [9.17, 15) is 4.79 Å². The molecular weight excluding hydrogens is 262 g/mol. The van der Waals surface area contributed by atoms with Crippen molar-refractivity contribution < 1.29 is 4.79 Å². The predicted octanol–water partition coefficient (Wildman–Crippen LogP) is 2.23. The first-order chi connectivity index (χ1) is 9.97. The second kappa shape index (κ2) is 9.42. The third kappa shape index (κ3) is 6.35. The summed E-state index contributed by atoms with van der Waals surface area (Å²) in [5, 5.41) is 3.01. The Morgan fingerprint density at radius 1 is 1.38 bits per heavy atom. The fourth-order valence-corrected chi connectivity index (χ4v) is 3.50. The Hall–Kier alpha value is -0.610. The zero-order valence-corrected chi connectivity index (χ0v) is 14.4. The zero-order chi connectivity index (χ0) is 15.8. The Morgan fingerprint density at radius 3 is 2.67 bits per heavy atom. The van der Waals surface area contributed by atoms with E-state index in [-0.39, 0.29) is 5.91 Å². The van der Waals surface area contributed by atoms with Gasteiger partial charge in [-0.05, 0) is 44.2 Å². The second-order valence-electron chi connectivity index (χ2n) is 7.14. The van der Waals surface area contributed by atoms with Crippen molar-refractivity contribution in [3.05, 3.63) is 0 Å². The topological polar surface area (TPSA) is 58.4 Å². The molecule has 1 fully saturated rings. The van der Waals surface area contributed by atoms with Crippen LogP contribution in [-0.4, -0.2) is 43.5 Å². The van der Waals surface area contributed by atoms with E-state index in [4.69, 9.17) is 5.73 Å². The van der Waals surface area contributed by atoms with Crippen molar-refractivity contribution >= 4 is 5.91 Å². The van der Waals surface area contributed by atoms with Crippen molar-refractivity contribution in [1.29, 1.82) is 0 Å². The second-order valence-corrected chi connectivity index (χ2v) is 7.14. The number of nitrogens with zero attached hydrogens (tertiary/aromatic N) is 1. The van der Waals surface area contributed by atoms with Crippen molar-refractivity contribution in [3.63, 3.8) is 0 Å². The molecule has 1 aliphatic carbocycles. The van der Waals surface area contributed by atoms with E-state index in [1.54, 1.807) is 0 Å². The van der Waals surface area contributed by atoms with Gasteiger partial charge >= 0.3 is 0 Å². The van der Waals surface area contributed by atoms with Crippen molar-refractivity contribution in [2.24, 2.45) is 23.5 Å². The number of carbonyl (C=O) groups is 1. The molecule has 0 aromatic carbocycles. The van der Waals surface area contributed by atoms with Gasteiger partial charge in [0.2, 0.25) is 5.91 Å². The molecule has 4 heteroatoms. The van der Waals surface area contributed by atoms with E-state index in [0.717, 1.165) is 19.0 Å². The molecule has 124 valence electrons. The number of nitrogens with one attached hydrogen (secondary N) is 1. The summed E-state index contributed by atoms with van der Waals surface area (Å²) in [6, 6.07) is 0.463. The Morgan fingerprint density at radius 2 is 2.10 bits per heavy atom. The smallest absolute Gasteiger partial charge is 0.234 e. The number of likely N-dealkylation sites (N-methyl/N-ethyl adjacent to an activating group) is 1. The highest BCUT2D eigenvalue weighted by atomic mass is 16.2. The lowest BCUT2D eigenvalue weighted by atomic mass is 9.76. The van der Waals surface area contributed by atoms with Crippen LogP contribution >= 0.6 is 0 Å². The summed E-state index contributed by atoms with van der Waals surface area (Å²) in [4.78, 5) is 14.2. The van der Waals surface area contributed by atoms with Crippen LogP contribution in [0.3, 0.4) is 0 Å². The largest absolute Gasteiger partial charge is 0.355 e. The highest BCUT2D eigenvalue weighted by Gasteiger charge is 2.32. The van der Waals surface area contributed by atoms with Gasteiger partial charge in [0.05, 0.1) is 6.54 Å². The molecule has 0 bridgehead atoms. The minimum atomic E-state index is 0.139. The van der Waals surface area contributed by atoms with Crippen LogP contribution < -0.4 is 11.1 Å². The third-order valence-electron chi connectivity index (χ3n) is 4.73. The van der Waals surface area contributed by atoms with E-state index >= 15 is 0 Å². The van der Waals surface area contributed by atoms with Gasteiger partial charge < -0.3 is 11.1 Å². The molecule has 0 aromatic rings. The molecule has 21 heavy (non-hydrogen) atoms. The third-order valence-corrected chi connectivity index (χ3v) is 4.73. The Labute approximate surface area is 130 Å². The first kappa shape index (κ1) is 18.4. The number of hydrogen-bond acceptors (Lipinski definition) is 3. The quantitative estimate of drug-likeness (QED) is 0.722. The molecule has 3 unspecified atom stereocenters. The zero-order valence-electron chi connectivity index (χ0n) is 14.4. The minimum absolute atomic E-state index is 0.139. The van der Waals surface area contributed by atoms with Crippen LogP contribution in [-0.2, 0) is 4.79 Å².